The van der Waals surface area contributed by atoms with Crippen LogP contribution in [0.5, 0.6) is 5.75 Å². The van der Waals surface area contributed by atoms with E-state index in [1.54, 1.807) is 0 Å². The summed E-state index contributed by atoms with van der Waals surface area (Å²) in [5.74, 6) is 1.00. The van der Waals surface area contributed by atoms with Gasteiger partial charge in [0.1, 0.15) is 5.75 Å². The van der Waals surface area contributed by atoms with E-state index in [1.807, 2.05) is 12.4 Å². The number of aliphatic imine (C=N–C) groups is 1. The first-order valence-corrected chi connectivity index (χ1v) is 10.5. The minimum Gasteiger partial charge on any atom is -0.544 e. The summed E-state index contributed by atoms with van der Waals surface area (Å²) in [5, 5.41) is 0. The van der Waals surface area contributed by atoms with E-state index < -0.39 is 8.32 Å². The van der Waals surface area contributed by atoms with Crippen molar-refractivity contribution in [3.63, 3.8) is 0 Å². The lowest BCUT2D eigenvalue weighted by Gasteiger charge is -2.21. The van der Waals surface area contributed by atoms with E-state index in [0.29, 0.717) is 6.54 Å². The molecule has 0 N–H and O–H groups in total. The summed E-state index contributed by atoms with van der Waals surface area (Å²) in [4.78, 5) is 6.84. The Morgan fingerprint density at radius 3 is 2.58 bits per heavy atom. The minimum atomic E-state index is -1.56. The van der Waals surface area contributed by atoms with Gasteiger partial charge in [0, 0.05) is 18.7 Å². The van der Waals surface area contributed by atoms with Crippen molar-refractivity contribution in [3.05, 3.63) is 29.8 Å². The normalized spacial score (nSPS) is 16.3. The fraction of sp³-hybridized carbons (Fsp3) is 0.533. The van der Waals surface area contributed by atoms with E-state index in [2.05, 4.69) is 47.7 Å². The molecule has 0 spiro atoms. The van der Waals surface area contributed by atoms with Crippen molar-refractivity contribution in [2.75, 3.05) is 13.1 Å². The predicted octanol–water partition coefficient (Wildman–Crippen LogP) is 3.52. The predicted molar refractivity (Wildman–Crippen MR) is 83.4 cm³/mol. The van der Waals surface area contributed by atoms with E-state index in [4.69, 9.17) is 4.43 Å². The second-order valence-electron chi connectivity index (χ2n) is 6.02. The van der Waals surface area contributed by atoms with Crippen LogP contribution in [-0.2, 0) is 6.54 Å². The van der Waals surface area contributed by atoms with Gasteiger partial charge in [0.25, 0.3) is 0 Å². The lowest BCUT2D eigenvalue weighted by atomic mass is 10.2. The van der Waals surface area contributed by atoms with Crippen LogP contribution in [-0.4, -0.2) is 32.6 Å². The van der Waals surface area contributed by atoms with Gasteiger partial charge in [0.2, 0.25) is 8.32 Å². The van der Waals surface area contributed by atoms with E-state index in [-0.39, 0.29) is 0 Å². The Bertz CT molecular complexity index is 434. The maximum absolute atomic E-state index is 6.11. The molecular weight excluding hydrogens is 252 g/mol. The van der Waals surface area contributed by atoms with Crippen LogP contribution in [0.2, 0.25) is 19.6 Å². The highest BCUT2D eigenvalue weighted by Crippen LogP contribution is 2.22. The molecule has 1 saturated heterocycles. The Balaban J connectivity index is 1.99. The van der Waals surface area contributed by atoms with Crippen molar-refractivity contribution in [2.24, 2.45) is 4.99 Å². The first-order valence-electron chi connectivity index (χ1n) is 7.05. The van der Waals surface area contributed by atoms with Crippen LogP contribution in [0, 0.1) is 0 Å². The largest absolute Gasteiger partial charge is 0.544 e. The Hall–Kier alpha value is -1.29. The highest BCUT2D eigenvalue weighted by molar-refractivity contribution is 6.70. The number of likely N-dealkylation sites (tertiary alicyclic amines) is 1. The van der Waals surface area contributed by atoms with Gasteiger partial charge >= 0.3 is 0 Å². The average Bonchev–Trinajstić information content (AvgIpc) is 2.82. The number of para-hydroxylation sites is 1. The molecule has 2 rings (SSSR count). The Morgan fingerprint density at radius 2 is 1.89 bits per heavy atom. The first-order chi connectivity index (χ1) is 9.04. The molecule has 0 atom stereocenters. The zero-order valence-electron chi connectivity index (χ0n) is 12.2. The molecule has 0 saturated carbocycles. The van der Waals surface area contributed by atoms with Gasteiger partial charge in [0.05, 0.1) is 12.9 Å². The van der Waals surface area contributed by atoms with Crippen LogP contribution >= 0.6 is 0 Å². The Labute approximate surface area is 117 Å². The molecule has 1 heterocycles. The topological polar surface area (TPSA) is 24.8 Å². The van der Waals surface area contributed by atoms with E-state index >= 15 is 0 Å². The molecule has 19 heavy (non-hydrogen) atoms. The molecule has 104 valence electrons. The summed E-state index contributed by atoms with van der Waals surface area (Å²) >= 11 is 0. The number of benzene rings is 1. The molecule has 1 aliphatic heterocycles. The van der Waals surface area contributed by atoms with Crippen molar-refractivity contribution < 1.29 is 4.43 Å². The van der Waals surface area contributed by atoms with Crippen LogP contribution in [0.1, 0.15) is 18.4 Å². The zero-order valence-corrected chi connectivity index (χ0v) is 13.2. The standard InChI is InChI=1S/C15H24N2OSi/c1-19(2,3)18-15-9-5-4-8-14(15)12-16-13-17-10-6-7-11-17/h4-5,8-9,13H,6-7,10-12H2,1-3H3. The van der Waals surface area contributed by atoms with Crippen LogP contribution < -0.4 is 4.43 Å². The van der Waals surface area contributed by atoms with Gasteiger partial charge < -0.3 is 9.33 Å². The molecule has 1 aromatic carbocycles. The molecule has 0 radical (unpaired) electrons. The van der Waals surface area contributed by atoms with Gasteiger partial charge in [0.15, 0.2) is 0 Å². The summed E-state index contributed by atoms with van der Waals surface area (Å²) in [6.45, 7) is 9.62. The third kappa shape index (κ3) is 4.71. The third-order valence-corrected chi connectivity index (χ3v) is 3.87. The highest BCUT2D eigenvalue weighted by atomic mass is 28.4. The summed E-state index contributed by atoms with van der Waals surface area (Å²) in [6.07, 6.45) is 4.58. The summed E-state index contributed by atoms with van der Waals surface area (Å²) in [6, 6.07) is 8.25. The van der Waals surface area contributed by atoms with Crippen LogP contribution in [0.15, 0.2) is 29.3 Å². The lowest BCUT2D eigenvalue weighted by Crippen LogP contribution is -2.29. The smallest absolute Gasteiger partial charge is 0.242 e. The molecule has 0 bridgehead atoms. The zero-order chi connectivity index (χ0) is 13.7. The molecule has 3 nitrogen and oxygen atoms in total. The fourth-order valence-electron chi connectivity index (χ4n) is 2.18. The molecule has 1 aromatic rings. The molecule has 4 heteroatoms. The molecule has 0 unspecified atom stereocenters. The quantitative estimate of drug-likeness (QED) is 0.467. The van der Waals surface area contributed by atoms with Crippen molar-refractivity contribution in [1.82, 2.24) is 4.90 Å². The maximum Gasteiger partial charge on any atom is 0.242 e. The van der Waals surface area contributed by atoms with Crippen molar-refractivity contribution in [2.45, 2.75) is 39.0 Å². The van der Waals surface area contributed by atoms with Gasteiger partial charge in [-0.2, -0.15) is 0 Å². The van der Waals surface area contributed by atoms with Crippen LogP contribution in [0.4, 0.5) is 0 Å². The van der Waals surface area contributed by atoms with Crippen LogP contribution in [0.25, 0.3) is 0 Å². The molecular formula is C15H24N2OSi. The number of rotatable bonds is 5. The Morgan fingerprint density at radius 1 is 1.21 bits per heavy atom. The van der Waals surface area contributed by atoms with Gasteiger partial charge in [-0.1, -0.05) is 18.2 Å². The summed E-state index contributed by atoms with van der Waals surface area (Å²) in [5.41, 5.74) is 1.18. The van der Waals surface area contributed by atoms with E-state index in [0.717, 1.165) is 18.8 Å². The van der Waals surface area contributed by atoms with Gasteiger partial charge in [-0.15, -0.1) is 0 Å². The van der Waals surface area contributed by atoms with Gasteiger partial charge in [-0.3, -0.25) is 4.99 Å². The average molecular weight is 276 g/mol. The van der Waals surface area contributed by atoms with E-state index in [1.165, 1.54) is 18.4 Å². The van der Waals surface area contributed by atoms with Crippen molar-refractivity contribution in [3.8, 4) is 5.75 Å². The van der Waals surface area contributed by atoms with Crippen molar-refractivity contribution in [1.29, 1.82) is 0 Å². The monoisotopic (exact) mass is 276 g/mol. The molecule has 0 aliphatic carbocycles. The second-order valence-corrected chi connectivity index (χ2v) is 10.5. The van der Waals surface area contributed by atoms with Gasteiger partial charge in [-0.05, 0) is 38.5 Å². The molecule has 1 aliphatic rings. The van der Waals surface area contributed by atoms with E-state index in [9.17, 15) is 0 Å². The first kappa shape index (κ1) is 14.1. The molecule has 0 aromatic heterocycles. The maximum atomic E-state index is 6.11. The number of hydrogen-bond acceptors (Lipinski definition) is 2. The lowest BCUT2D eigenvalue weighted by molar-refractivity contribution is 0.531. The SMILES string of the molecule is C[Si](C)(C)Oc1ccccc1CN=CN1CCCC1. The summed E-state index contributed by atoms with van der Waals surface area (Å²) in [7, 11) is -1.56. The van der Waals surface area contributed by atoms with Gasteiger partial charge in [-0.25, -0.2) is 0 Å². The van der Waals surface area contributed by atoms with Crippen molar-refractivity contribution >= 4 is 14.7 Å². The Kier molecular flexibility index (Phi) is 4.64. The minimum absolute atomic E-state index is 0.706. The fourth-order valence-corrected chi connectivity index (χ4v) is 3.03. The second kappa shape index (κ2) is 6.24. The summed E-state index contributed by atoms with van der Waals surface area (Å²) < 4.78 is 6.11. The highest BCUT2D eigenvalue weighted by Gasteiger charge is 2.17. The third-order valence-electron chi connectivity index (χ3n) is 3.04. The number of hydrogen-bond donors (Lipinski definition) is 0. The van der Waals surface area contributed by atoms with Crippen LogP contribution in [0.3, 0.4) is 0 Å². The molecule has 0 amide bonds. The number of nitrogens with zero attached hydrogens (tertiary/aromatic N) is 2. The molecule has 1 fully saturated rings.